The summed E-state index contributed by atoms with van der Waals surface area (Å²) in [4.78, 5) is 53.0. The zero-order chi connectivity index (χ0) is 39.7. The summed E-state index contributed by atoms with van der Waals surface area (Å²) in [6.45, 7) is 2.18. The predicted octanol–water partition coefficient (Wildman–Crippen LogP) is 2.39. The molecule has 0 spiro atoms. The van der Waals surface area contributed by atoms with Crippen LogP contribution < -0.4 is 0 Å². The lowest BCUT2D eigenvalue weighted by atomic mass is 9.85. The highest BCUT2D eigenvalue weighted by Crippen LogP contribution is 2.48. The molecule has 1 aliphatic carbocycles. The van der Waals surface area contributed by atoms with Gasteiger partial charge in [0.1, 0.15) is 43.2 Å². The zero-order valence-corrected chi connectivity index (χ0v) is 31.8. The molecule has 0 amide bonds. The van der Waals surface area contributed by atoms with E-state index in [4.69, 9.17) is 28.3 Å². The van der Waals surface area contributed by atoms with Crippen molar-refractivity contribution in [1.29, 1.82) is 0 Å². The molecule has 0 aromatic heterocycles. The average Bonchev–Trinajstić information content (AvgIpc) is 3.10. The van der Waals surface area contributed by atoms with Gasteiger partial charge < -0.3 is 44.6 Å². The van der Waals surface area contributed by atoms with Gasteiger partial charge in [-0.2, -0.15) is 0 Å². The first kappa shape index (κ1) is 48.3. The molecular formula is C35H52O16P2. The van der Waals surface area contributed by atoms with Crippen molar-refractivity contribution in [2.75, 3.05) is 13.2 Å². The van der Waals surface area contributed by atoms with Gasteiger partial charge in [0.25, 0.3) is 0 Å². The van der Waals surface area contributed by atoms with E-state index in [2.05, 4.69) is 58.8 Å². The summed E-state index contributed by atoms with van der Waals surface area (Å²) in [6.07, 6.45) is -0.814. The fourth-order valence-electron chi connectivity index (χ4n) is 5.07. The average molecular weight is 791 g/mol. The molecule has 0 heterocycles. The molecule has 0 saturated heterocycles. The van der Waals surface area contributed by atoms with E-state index in [1.807, 2.05) is 0 Å². The molecule has 1 aliphatic rings. The van der Waals surface area contributed by atoms with E-state index in [1.54, 1.807) is 6.92 Å². The second kappa shape index (κ2) is 26.9. The third-order valence-corrected chi connectivity index (χ3v) is 9.27. The Bertz CT molecular complexity index is 1450. The summed E-state index contributed by atoms with van der Waals surface area (Å²) in [5, 5.41) is 41.0. The lowest BCUT2D eigenvalue weighted by Gasteiger charge is -2.43. The van der Waals surface area contributed by atoms with E-state index in [9.17, 15) is 44.0 Å². The van der Waals surface area contributed by atoms with Gasteiger partial charge in [-0.3, -0.25) is 18.4 Å². The topological polar surface area (TPSA) is 256 Å². The SMILES string of the molecule is CC#CC#CC#CC#CC(=O)OC[C@@H](COP(=O)(O)OC1C(O)C(O)C(OP(=O)(O)O)[C@H](O)C1O)OC(=O)CCCCCCCCCCCCCCC. The highest BCUT2D eigenvalue weighted by molar-refractivity contribution is 7.47. The van der Waals surface area contributed by atoms with Crippen molar-refractivity contribution in [3.8, 4) is 47.4 Å². The maximum absolute atomic E-state index is 12.8. The number of carbonyl (C=O) groups excluding carboxylic acids is 2. The first-order valence-corrected chi connectivity index (χ1v) is 20.5. The Labute approximate surface area is 311 Å². The minimum atomic E-state index is -5.32. The first-order chi connectivity index (χ1) is 25.1. The Morgan fingerprint density at radius 1 is 0.642 bits per heavy atom. The van der Waals surface area contributed by atoms with Crippen LogP contribution in [0.3, 0.4) is 0 Å². The number of phosphoric ester groups is 2. The van der Waals surface area contributed by atoms with Crippen LogP contribution in [0.1, 0.15) is 104 Å². The van der Waals surface area contributed by atoms with Gasteiger partial charge in [-0.1, -0.05) is 89.9 Å². The molecule has 16 nitrogen and oxygen atoms in total. The maximum Gasteiger partial charge on any atom is 0.472 e. The van der Waals surface area contributed by atoms with Gasteiger partial charge >= 0.3 is 27.6 Å². The number of hydrogen-bond acceptors (Lipinski definition) is 13. The summed E-state index contributed by atoms with van der Waals surface area (Å²) >= 11 is 0. The number of esters is 2. The van der Waals surface area contributed by atoms with Gasteiger partial charge in [-0.15, -0.1) is 0 Å². The van der Waals surface area contributed by atoms with Crippen LogP contribution in [-0.4, -0.2) is 103 Å². The van der Waals surface area contributed by atoms with Crippen molar-refractivity contribution in [2.45, 2.75) is 146 Å². The lowest BCUT2D eigenvalue weighted by Crippen LogP contribution is -2.64. The van der Waals surface area contributed by atoms with Crippen molar-refractivity contribution >= 4 is 27.6 Å². The summed E-state index contributed by atoms with van der Waals surface area (Å²) < 4.78 is 48.1. The monoisotopic (exact) mass is 790 g/mol. The Kier molecular flexibility index (Phi) is 24.5. The molecule has 53 heavy (non-hydrogen) atoms. The normalized spacial score (nSPS) is 22.5. The van der Waals surface area contributed by atoms with Gasteiger partial charge in [-0.05, 0) is 48.9 Å². The molecule has 0 aromatic carbocycles. The van der Waals surface area contributed by atoms with E-state index in [0.717, 1.165) is 25.7 Å². The fraction of sp³-hybridized carbons (Fsp3) is 0.714. The van der Waals surface area contributed by atoms with E-state index in [1.165, 1.54) is 51.4 Å². The molecule has 6 unspecified atom stereocenters. The molecular weight excluding hydrogens is 738 g/mol. The summed E-state index contributed by atoms with van der Waals surface area (Å²) in [5.74, 6) is 16.9. The molecule has 1 saturated carbocycles. The van der Waals surface area contributed by atoms with Crippen molar-refractivity contribution < 1.29 is 76.9 Å². The van der Waals surface area contributed by atoms with Crippen LogP contribution in [-0.2, 0) is 41.8 Å². The summed E-state index contributed by atoms with van der Waals surface area (Å²) in [5.41, 5.74) is 0. The van der Waals surface area contributed by atoms with E-state index < -0.39 is 83.5 Å². The van der Waals surface area contributed by atoms with Crippen LogP contribution in [0.4, 0.5) is 0 Å². The molecule has 0 aromatic rings. The first-order valence-electron chi connectivity index (χ1n) is 17.5. The van der Waals surface area contributed by atoms with Gasteiger partial charge in [0, 0.05) is 12.3 Å². The number of unbranched alkanes of at least 4 members (excludes halogenated alkanes) is 12. The predicted molar refractivity (Wildman–Crippen MR) is 190 cm³/mol. The molecule has 0 bridgehead atoms. The van der Waals surface area contributed by atoms with E-state index in [0.29, 0.717) is 6.42 Å². The molecule has 0 radical (unpaired) electrons. The second-order valence-electron chi connectivity index (χ2n) is 12.2. The molecule has 0 aliphatic heterocycles. The third kappa shape index (κ3) is 22.3. The molecule has 1 fully saturated rings. The van der Waals surface area contributed by atoms with Crippen molar-refractivity contribution in [2.24, 2.45) is 0 Å². The van der Waals surface area contributed by atoms with E-state index >= 15 is 0 Å². The minimum absolute atomic E-state index is 0.0115. The highest BCUT2D eigenvalue weighted by Gasteiger charge is 2.54. The van der Waals surface area contributed by atoms with Crippen molar-refractivity contribution in [3.63, 3.8) is 0 Å². The molecule has 8 atom stereocenters. The number of ether oxygens (including phenoxy) is 2. The minimum Gasteiger partial charge on any atom is -0.456 e. The number of phosphoric acid groups is 2. The Morgan fingerprint density at radius 2 is 1.09 bits per heavy atom. The van der Waals surface area contributed by atoms with Crippen LogP contribution in [0.5, 0.6) is 0 Å². The van der Waals surface area contributed by atoms with Crippen molar-refractivity contribution in [1.82, 2.24) is 0 Å². The van der Waals surface area contributed by atoms with Crippen LogP contribution in [0.25, 0.3) is 0 Å². The largest absolute Gasteiger partial charge is 0.472 e. The van der Waals surface area contributed by atoms with Gasteiger partial charge in [0.05, 0.1) is 6.61 Å². The molecule has 1 rings (SSSR count). The van der Waals surface area contributed by atoms with E-state index in [-0.39, 0.29) is 6.42 Å². The summed E-state index contributed by atoms with van der Waals surface area (Å²) in [7, 11) is -10.6. The highest BCUT2D eigenvalue weighted by atomic mass is 31.2. The molecule has 18 heteroatoms. The van der Waals surface area contributed by atoms with Gasteiger partial charge in [-0.25, -0.2) is 13.9 Å². The Morgan fingerprint density at radius 3 is 1.58 bits per heavy atom. The number of hydrogen-bond donors (Lipinski definition) is 7. The van der Waals surface area contributed by atoms with Crippen molar-refractivity contribution in [3.05, 3.63) is 0 Å². The standard InChI is InChI=1S/C35H52O16P2/c1-3-5-7-9-11-12-13-14-15-16-18-20-22-24-29(37)49-27(25-47-28(36)23-21-19-17-10-8-6-4-2)26-48-53(45,46)51-35-32(40)30(38)34(31(39)33(35)41)50-52(42,43)44/h27,30-35,38-41H,3,5,7,9,11-16,18,20,22,24-26H2,1-2H3,(H,45,46)(H2,42,43,44)/t27-,30+,31?,32?,33?,34?,35?/m0/s1. The van der Waals surface area contributed by atoms with Gasteiger partial charge in [0.2, 0.25) is 0 Å². The number of aliphatic hydroxyl groups is 4. The Balaban J connectivity index is 2.75. The lowest BCUT2D eigenvalue weighted by molar-refractivity contribution is -0.216. The van der Waals surface area contributed by atoms with Crippen LogP contribution in [0.2, 0.25) is 0 Å². The maximum atomic E-state index is 12.8. The van der Waals surface area contributed by atoms with Crippen LogP contribution in [0, 0.1) is 47.4 Å². The molecule has 298 valence electrons. The zero-order valence-electron chi connectivity index (χ0n) is 30.1. The van der Waals surface area contributed by atoms with Crippen LogP contribution in [0.15, 0.2) is 0 Å². The fourth-order valence-corrected chi connectivity index (χ4v) is 6.61. The van der Waals surface area contributed by atoms with Crippen LogP contribution >= 0.6 is 15.6 Å². The molecule has 7 N–H and O–H groups in total. The number of aliphatic hydroxyl groups excluding tert-OH is 4. The quantitative estimate of drug-likeness (QED) is 0.0244. The number of rotatable bonds is 24. The van der Waals surface area contributed by atoms with Gasteiger partial charge in [0.15, 0.2) is 6.10 Å². The second-order valence-corrected chi connectivity index (χ2v) is 14.8. The number of carbonyl (C=O) groups is 2. The Hall–Kier alpha value is -2.76. The summed E-state index contributed by atoms with van der Waals surface area (Å²) in [6, 6.07) is 0. The smallest absolute Gasteiger partial charge is 0.456 e. The third-order valence-electron chi connectivity index (χ3n) is 7.77.